The molecule has 0 radical (unpaired) electrons. The summed E-state index contributed by atoms with van der Waals surface area (Å²) in [6, 6.07) is 6.32. The molecule has 0 aliphatic heterocycles. The highest BCUT2D eigenvalue weighted by Gasteiger charge is 2.22. The minimum atomic E-state index is -0.579. The van der Waals surface area contributed by atoms with Gasteiger partial charge in [-0.1, -0.05) is 28.4 Å². The zero-order valence-corrected chi connectivity index (χ0v) is 18.7. The van der Waals surface area contributed by atoms with Crippen molar-refractivity contribution >= 4 is 46.4 Å². The summed E-state index contributed by atoms with van der Waals surface area (Å²) in [5.41, 5.74) is 2.25. The average Bonchev–Trinajstić information content (AvgIpc) is 3.44. The number of rotatable bonds is 5. The number of nitrogens with zero attached hydrogens (tertiary/aromatic N) is 5. The van der Waals surface area contributed by atoms with Gasteiger partial charge < -0.3 is 15.2 Å². The zero-order valence-electron chi connectivity index (χ0n) is 17.2. The number of anilines is 2. The van der Waals surface area contributed by atoms with Crippen LogP contribution in [0.5, 0.6) is 0 Å². The fourth-order valence-electron chi connectivity index (χ4n) is 2.99. The number of carbonyl (C=O) groups is 2. The Morgan fingerprint density at radius 1 is 0.969 bits per heavy atom. The quantitative estimate of drug-likeness (QED) is 0.452. The molecule has 0 saturated heterocycles. The van der Waals surface area contributed by atoms with Gasteiger partial charge in [0.1, 0.15) is 5.69 Å². The molecule has 3 aromatic heterocycles. The van der Waals surface area contributed by atoms with E-state index in [4.69, 9.17) is 27.7 Å². The summed E-state index contributed by atoms with van der Waals surface area (Å²) < 4.78 is 8.25. The highest BCUT2D eigenvalue weighted by Crippen LogP contribution is 2.31. The van der Waals surface area contributed by atoms with Crippen LogP contribution >= 0.6 is 23.2 Å². The van der Waals surface area contributed by atoms with Crippen molar-refractivity contribution in [2.24, 2.45) is 14.1 Å². The first kappa shape index (κ1) is 21.6. The molecular formula is C20H17Cl2N7O3. The third-order valence-electron chi connectivity index (χ3n) is 4.82. The average molecular weight is 474 g/mol. The number of halogens is 2. The highest BCUT2D eigenvalue weighted by atomic mass is 35.5. The molecule has 3 heterocycles. The third-order valence-corrected chi connectivity index (χ3v) is 5.37. The molecule has 164 valence electrons. The number of nitrogens with one attached hydrogen (secondary N) is 2. The summed E-state index contributed by atoms with van der Waals surface area (Å²) in [6.07, 6.45) is 2.92. The molecular weight excluding hydrogens is 457 g/mol. The number of aryl methyl sites for hydroxylation is 2. The Balaban J connectivity index is 1.54. The van der Waals surface area contributed by atoms with Crippen molar-refractivity contribution in [3.05, 3.63) is 63.8 Å². The Kier molecular flexibility index (Phi) is 5.72. The van der Waals surface area contributed by atoms with Gasteiger partial charge in [-0.3, -0.25) is 19.0 Å². The normalized spacial score (nSPS) is 10.9. The van der Waals surface area contributed by atoms with Crippen molar-refractivity contribution in [1.29, 1.82) is 0 Å². The van der Waals surface area contributed by atoms with E-state index in [1.165, 1.54) is 16.9 Å². The van der Waals surface area contributed by atoms with E-state index in [0.29, 0.717) is 27.1 Å². The van der Waals surface area contributed by atoms with Crippen LogP contribution in [0.4, 0.5) is 11.4 Å². The van der Waals surface area contributed by atoms with Crippen molar-refractivity contribution in [2.45, 2.75) is 6.92 Å². The second-order valence-corrected chi connectivity index (χ2v) is 7.75. The summed E-state index contributed by atoms with van der Waals surface area (Å²) in [5.74, 6) is -0.733. The second kappa shape index (κ2) is 8.48. The number of hydrogen-bond acceptors (Lipinski definition) is 6. The largest absolute Gasteiger partial charge is 0.355 e. The molecule has 2 amide bonds. The lowest BCUT2D eigenvalue weighted by molar-refractivity contribution is 0.101. The lowest BCUT2D eigenvalue weighted by Gasteiger charge is -2.08. The van der Waals surface area contributed by atoms with Gasteiger partial charge >= 0.3 is 0 Å². The molecule has 0 fully saturated rings. The Hall–Kier alpha value is -3.63. The highest BCUT2D eigenvalue weighted by molar-refractivity contribution is 6.36. The standard InChI is InChI=1S/C20H17Cl2N7O3/c1-10-15(8-23-28(10)2)25-20(31)18-16(9-24-29(18)3)26-19(30)14-7-17(32-27-14)12-5-4-11(21)6-13(12)22/h4-9H,1-3H3,(H,25,31)(H,26,30). The first-order valence-corrected chi connectivity index (χ1v) is 10.1. The Labute approximate surface area is 192 Å². The molecule has 0 spiro atoms. The first-order chi connectivity index (χ1) is 15.2. The van der Waals surface area contributed by atoms with Gasteiger partial charge in [0.05, 0.1) is 34.5 Å². The predicted octanol–water partition coefficient (Wildman–Crippen LogP) is 3.93. The Morgan fingerprint density at radius 2 is 1.66 bits per heavy atom. The van der Waals surface area contributed by atoms with E-state index in [2.05, 4.69) is 26.0 Å². The monoisotopic (exact) mass is 473 g/mol. The molecule has 0 bridgehead atoms. The lowest BCUT2D eigenvalue weighted by atomic mass is 10.1. The zero-order chi connectivity index (χ0) is 23.0. The van der Waals surface area contributed by atoms with Gasteiger partial charge in [-0.05, 0) is 25.1 Å². The molecule has 4 rings (SSSR count). The van der Waals surface area contributed by atoms with E-state index in [-0.39, 0.29) is 17.1 Å². The SMILES string of the molecule is Cc1c(NC(=O)c2c(NC(=O)c3cc(-c4ccc(Cl)cc4Cl)on3)cnn2C)cnn1C. The fraction of sp³-hybridized carbons (Fsp3) is 0.150. The van der Waals surface area contributed by atoms with E-state index >= 15 is 0 Å². The number of carbonyl (C=O) groups excluding carboxylic acids is 2. The molecule has 0 unspecified atom stereocenters. The summed E-state index contributed by atoms with van der Waals surface area (Å²) in [4.78, 5) is 25.6. The minimum Gasteiger partial charge on any atom is -0.355 e. The summed E-state index contributed by atoms with van der Waals surface area (Å²) >= 11 is 12.1. The predicted molar refractivity (Wildman–Crippen MR) is 119 cm³/mol. The Morgan fingerprint density at radius 3 is 2.34 bits per heavy atom. The van der Waals surface area contributed by atoms with Gasteiger partial charge in [0, 0.05) is 30.7 Å². The first-order valence-electron chi connectivity index (χ1n) is 9.30. The molecule has 0 aliphatic rings. The second-order valence-electron chi connectivity index (χ2n) is 6.91. The molecule has 1 aromatic carbocycles. The van der Waals surface area contributed by atoms with Crippen LogP contribution in [-0.4, -0.2) is 36.5 Å². The minimum absolute atomic E-state index is 0.00401. The number of aromatic nitrogens is 5. The molecule has 0 aliphatic carbocycles. The van der Waals surface area contributed by atoms with Gasteiger partial charge in [-0.2, -0.15) is 10.2 Å². The van der Waals surface area contributed by atoms with Crippen molar-refractivity contribution in [1.82, 2.24) is 24.7 Å². The molecule has 10 nitrogen and oxygen atoms in total. The van der Waals surface area contributed by atoms with Gasteiger partial charge in [0.15, 0.2) is 11.5 Å². The number of amides is 2. The maximum absolute atomic E-state index is 12.8. The van der Waals surface area contributed by atoms with Crippen LogP contribution in [-0.2, 0) is 14.1 Å². The van der Waals surface area contributed by atoms with E-state index in [0.717, 1.165) is 5.69 Å². The van der Waals surface area contributed by atoms with Crippen molar-refractivity contribution in [3.63, 3.8) is 0 Å². The smallest absolute Gasteiger partial charge is 0.277 e. The molecule has 4 aromatic rings. The molecule has 0 saturated carbocycles. The maximum atomic E-state index is 12.8. The van der Waals surface area contributed by atoms with Gasteiger partial charge in [0.25, 0.3) is 11.8 Å². The van der Waals surface area contributed by atoms with Gasteiger partial charge in [-0.25, -0.2) is 0 Å². The topological polar surface area (TPSA) is 120 Å². The third kappa shape index (κ3) is 4.10. The van der Waals surface area contributed by atoms with Crippen LogP contribution in [0.3, 0.4) is 0 Å². The lowest BCUT2D eigenvalue weighted by Crippen LogP contribution is -2.20. The van der Waals surface area contributed by atoms with Crippen molar-refractivity contribution < 1.29 is 14.1 Å². The molecule has 12 heteroatoms. The van der Waals surface area contributed by atoms with Crippen LogP contribution in [0.1, 0.15) is 26.7 Å². The number of benzene rings is 1. The van der Waals surface area contributed by atoms with Gasteiger partial charge in [0.2, 0.25) is 0 Å². The number of hydrogen-bond donors (Lipinski definition) is 2. The summed E-state index contributed by atoms with van der Waals surface area (Å²) in [6.45, 7) is 1.82. The Bertz CT molecular complexity index is 1340. The van der Waals surface area contributed by atoms with Crippen molar-refractivity contribution in [2.75, 3.05) is 10.6 Å². The van der Waals surface area contributed by atoms with E-state index < -0.39 is 11.8 Å². The molecule has 0 atom stereocenters. The van der Waals surface area contributed by atoms with Gasteiger partial charge in [-0.15, -0.1) is 0 Å². The maximum Gasteiger partial charge on any atom is 0.277 e. The van der Waals surface area contributed by atoms with E-state index in [1.807, 2.05) is 6.92 Å². The fourth-order valence-corrected chi connectivity index (χ4v) is 3.49. The molecule has 2 N–H and O–H groups in total. The van der Waals surface area contributed by atoms with Crippen LogP contribution in [0.2, 0.25) is 10.0 Å². The van der Waals surface area contributed by atoms with E-state index in [9.17, 15) is 9.59 Å². The van der Waals surface area contributed by atoms with Crippen LogP contribution in [0.15, 0.2) is 41.2 Å². The van der Waals surface area contributed by atoms with Crippen LogP contribution < -0.4 is 10.6 Å². The van der Waals surface area contributed by atoms with Crippen LogP contribution in [0, 0.1) is 6.92 Å². The summed E-state index contributed by atoms with van der Waals surface area (Å²) in [5, 5.41) is 18.2. The summed E-state index contributed by atoms with van der Waals surface area (Å²) in [7, 11) is 3.36. The van der Waals surface area contributed by atoms with E-state index in [1.54, 1.807) is 43.2 Å². The molecule has 32 heavy (non-hydrogen) atoms. The van der Waals surface area contributed by atoms with Crippen molar-refractivity contribution in [3.8, 4) is 11.3 Å². The van der Waals surface area contributed by atoms with Crippen LogP contribution in [0.25, 0.3) is 11.3 Å².